The monoisotopic (exact) mass is 243 g/mol. The van der Waals surface area contributed by atoms with Gasteiger partial charge in [0.05, 0.1) is 0 Å². The van der Waals surface area contributed by atoms with E-state index in [-0.39, 0.29) is 0 Å². The maximum Gasteiger partial charge on any atom is 0.276 e. The van der Waals surface area contributed by atoms with Gasteiger partial charge in [-0.3, -0.25) is 0 Å². The number of benzene rings is 2. The number of rotatable bonds is 3. The van der Waals surface area contributed by atoms with Gasteiger partial charge in [-0.2, -0.15) is 0 Å². The van der Waals surface area contributed by atoms with Crippen molar-refractivity contribution in [3.63, 3.8) is 0 Å². The summed E-state index contributed by atoms with van der Waals surface area (Å²) < 4.78 is 6.13. The minimum Gasteiger partial charge on any atom is -0.540 e. The summed E-state index contributed by atoms with van der Waals surface area (Å²) in [7, 11) is -1.88. The second-order valence-electron chi connectivity index (χ2n) is 4.55. The minimum atomic E-state index is -1.88. The van der Waals surface area contributed by atoms with Gasteiger partial charge in [0.25, 0.3) is 8.32 Å². The maximum absolute atomic E-state index is 6.13. The minimum absolute atomic E-state index is 0.761. The fourth-order valence-electron chi connectivity index (χ4n) is 1.73. The van der Waals surface area contributed by atoms with Crippen molar-refractivity contribution >= 4 is 19.2 Å². The van der Waals surface area contributed by atoms with Crippen molar-refractivity contribution in [1.29, 1.82) is 0 Å². The van der Waals surface area contributed by atoms with Crippen molar-refractivity contribution < 1.29 is 4.43 Å². The van der Waals surface area contributed by atoms with Crippen molar-refractivity contribution in [2.75, 3.05) is 5.73 Å². The van der Waals surface area contributed by atoms with Crippen LogP contribution in [0.15, 0.2) is 54.6 Å². The molecule has 0 aromatic heterocycles. The van der Waals surface area contributed by atoms with Crippen LogP contribution in [-0.4, -0.2) is 8.32 Å². The topological polar surface area (TPSA) is 35.2 Å². The van der Waals surface area contributed by atoms with E-state index in [9.17, 15) is 0 Å². The Morgan fingerprint density at radius 1 is 0.882 bits per heavy atom. The molecule has 0 radical (unpaired) electrons. The van der Waals surface area contributed by atoms with Gasteiger partial charge < -0.3 is 10.2 Å². The molecule has 88 valence electrons. The first kappa shape index (κ1) is 11.7. The maximum atomic E-state index is 6.13. The molecule has 0 saturated heterocycles. The molecule has 0 aliphatic carbocycles. The molecule has 0 aliphatic rings. The molecule has 2 aromatic carbocycles. The summed E-state index contributed by atoms with van der Waals surface area (Å²) in [6.07, 6.45) is 0. The van der Waals surface area contributed by atoms with Gasteiger partial charge >= 0.3 is 0 Å². The van der Waals surface area contributed by atoms with Gasteiger partial charge in [-0.25, -0.2) is 0 Å². The number of hydrogen-bond donors (Lipinski definition) is 1. The third kappa shape index (κ3) is 2.88. The highest BCUT2D eigenvalue weighted by atomic mass is 28.4. The lowest BCUT2D eigenvalue weighted by atomic mass is 10.3. The summed E-state index contributed by atoms with van der Waals surface area (Å²) in [5, 5.41) is 1.29. The average molecular weight is 243 g/mol. The molecule has 2 N–H and O–H groups in total. The van der Waals surface area contributed by atoms with Gasteiger partial charge in [0.1, 0.15) is 5.75 Å². The summed E-state index contributed by atoms with van der Waals surface area (Å²) in [4.78, 5) is 0. The first-order chi connectivity index (χ1) is 8.08. The van der Waals surface area contributed by atoms with Crippen molar-refractivity contribution in [2.24, 2.45) is 0 Å². The van der Waals surface area contributed by atoms with E-state index >= 15 is 0 Å². The summed E-state index contributed by atoms with van der Waals surface area (Å²) in [6, 6.07) is 18.0. The van der Waals surface area contributed by atoms with E-state index in [1.54, 1.807) is 0 Å². The molecule has 2 nitrogen and oxygen atoms in total. The second-order valence-corrected chi connectivity index (χ2v) is 8.35. The van der Waals surface area contributed by atoms with Crippen LogP contribution in [-0.2, 0) is 0 Å². The van der Waals surface area contributed by atoms with Crippen LogP contribution >= 0.6 is 0 Å². The predicted molar refractivity (Wildman–Crippen MR) is 75.0 cm³/mol. The van der Waals surface area contributed by atoms with Gasteiger partial charge in [0.2, 0.25) is 0 Å². The normalized spacial score (nSPS) is 11.2. The number of anilines is 1. The SMILES string of the molecule is C[Si](C)(Oc1ccc(N)cc1)c1ccccc1. The van der Waals surface area contributed by atoms with E-state index in [4.69, 9.17) is 10.2 Å². The number of hydrogen-bond acceptors (Lipinski definition) is 2. The first-order valence-corrected chi connectivity index (χ1v) is 8.59. The molecule has 0 fully saturated rings. The third-order valence-electron chi connectivity index (χ3n) is 2.72. The highest BCUT2D eigenvalue weighted by molar-refractivity contribution is 6.84. The molecule has 0 spiro atoms. The van der Waals surface area contributed by atoms with Gasteiger partial charge in [0, 0.05) is 5.69 Å². The fraction of sp³-hybridized carbons (Fsp3) is 0.143. The lowest BCUT2D eigenvalue weighted by molar-refractivity contribution is 0.564. The summed E-state index contributed by atoms with van der Waals surface area (Å²) in [5.74, 6) is 0.889. The Bertz CT molecular complexity index is 479. The molecule has 0 bridgehead atoms. The van der Waals surface area contributed by atoms with Crippen molar-refractivity contribution in [3.05, 3.63) is 54.6 Å². The molecule has 0 saturated carbocycles. The van der Waals surface area contributed by atoms with E-state index in [1.807, 2.05) is 30.3 Å². The molecular weight excluding hydrogens is 226 g/mol. The van der Waals surface area contributed by atoms with Gasteiger partial charge in [-0.05, 0) is 42.5 Å². The Morgan fingerprint density at radius 2 is 1.47 bits per heavy atom. The predicted octanol–water partition coefficient (Wildman–Crippen LogP) is 2.76. The van der Waals surface area contributed by atoms with Crippen LogP contribution in [0.2, 0.25) is 13.1 Å². The third-order valence-corrected chi connectivity index (χ3v) is 5.19. The molecule has 17 heavy (non-hydrogen) atoms. The second kappa shape index (κ2) is 4.63. The van der Waals surface area contributed by atoms with Crippen molar-refractivity contribution in [1.82, 2.24) is 0 Å². The molecule has 2 aromatic rings. The zero-order valence-corrected chi connectivity index (χ0v) is 11.2. The number of nitrogen functional groups attached to an aromatic ring is 1. The Labute approximate surface area is 103 Å². The molecule has 2 rings (SSSR count). The van der Waals surface area contributed by atoms with Crippen molar-refractivity contribution in [3.8, 4) is 5.75 Å². The van der Waals surface area contributed by atoms with Crippen LogP contribution in [0.3, 0.4) is 0 Å². The van der Waals surface area contributed by atoms with Crippen LogP contribution in [0.4, 0.5) is 5.69 Å². The van der Waals surface area contributed by atoms with E-state index in [0.717, 1.165) is 11.4 Å². The highest BCUT2D eigenvalue weighted by Gasteiger charge is 2.26. The molecule has 0 amide bonds. The van der Waals surface area contributed by atoms with Crippen LogP contribution in [0.1, 0.15) is 0 Å². The highest BCUT2D eigenvalue weighted by Crippen LogP contribution is 2.17. The molecule has 0 aliphatic heterocycles. The quantitative estimate of drug-likeness (QED) is 0.664. The smallest absolute Gasteiger partial charge is 0.276 e. The van der Waals surface area contributed by atoms with Gasteiger partial charge in [-0.1, -0.05) is 30.3 Å². The van der Waals surface area contributed by atoms with E-state index in [0.29, 0.717) is 0 Å². The Kier molecular flexibility index (Phi) is 3.20. The summed E-state index contributed by atoms with van der Waals surface area (Å²) in [6.45, 7) is 4.39. The lowest BCUT2D eigenvalue weighted by Gasteiger charge is -2.24. The van der Waals surface area contributed by atoms with E-state index < -0.39 is 8.32 Å². The Balaban J connectivity index is 2.20. The fourth-order valence-corrected chi connectivity index (χ4v) is 3.57. The summed E-state index contributed by atoms with van der Waals surface area (Å²) >= 11 is 0. The van der Waals surface area contributed by atoms with Crippen LogP contribution in [0.25, 0.3) is 0 Å². The largest absolute Gasteiger partial charge is 0.540 e. The van der Waals surface area contributed by atoms with Gasteiger partial charge in [0.15, 0.2) is 0 Å². The van der Waals surface area contributed by atoms with Crippen LogP contribution in [0.5, 0.6) is 5.75 Å². The zero-order chi connectivity index (χ0) is 12.3. The molecule has 3 heteroatoms. The first-order valence-electron chi connectivity index (χ1n) is 5.68. The Morgan fingerprint density at radius 3 is 2.06 bits per heavy atom. The molecule has 0 heterocycles. The Hall–Kier alpha value is -1.74. The zero-order valence-electron chi connectivity index (χ0n) is 10.2. The van der Waals surface area contributed by atoms with Gasteiger partial charge in [-0.15, -0.1) is 0 Å². The van der Waals surface area contributed by atoms with E-state index in [1.165, 1.54) is 5.19 Å². The molecule has 0 atom stereocenters. The molecule has 0 unspecified atom stereocenters. The van der Waals surface area contributed by atoms with Crippen molar-refractivity contribution in [2.45, 2.75) is 13.1 Å². The average Bonchev–Trinajstić information content (AvgIpc) is 2.33. The molecular formula is C14H17NOSi. The van der Waals surface area contributed by atoms with E-state index in [2.05, 4.69) is 37.4 Å². The summed E-state index contributed by atoms with van der Waals surface area (Å²) in [5.41, 5.74) is 6.42. The lowest BCUT2D eigenvalue weighted by Crippen LogP contribution is -2.47. The standard InChI is InChI=1S/C14H17NOSi/c1-17(2,14-6-4-3-5-7-14)16-13-10-8-12(15)9-11-13/h3-11H,15H2,1-2H3. The number of nitrogens with two attached hydrogens (primary N) is 1. The van der Waals surface area contributed by atoms with Crippen LogP contribution in [0, 0.1) is 0 Å². The van der Waals surface area contributed by atoms with Crippen LogP contribution < -0.4 is 15.3 Å².